The highest BCUT2D eigenvalue weighted by atomic mass is 16.5. The molecule has 138 valence electrons. The molecule has 1 aliphatic rings. The van der Waals surface area contributed by atoms with Gasteiger partial charge in [-0.05, 0) is 37.5 Å². The molecule has 1 fully saturated rings. The van der Waals surface area contributed by atoms with Gasteiger partial charge in [0, 0.05) is 31.4 Å². The van der Waals surface area contributed by atoms with Gasteiger partial charge in [-0.3, -0.25) is 4.79 Å². The van der Waals surface area contributed by atoms with Crippen LogP contribution in [0.5, 0.6) is 11.6 Å². The quantitative estimate of drug-likeness (QED) is 0.819. The Hall–Kier alpha value is -2.83. The van der Waals surface area contributed by atoms with Gasteiger partial charge in [-0.15, -0.1) is 0 Å². The van der Waals surface area contributed by atoms with E-state index < -0.39 is 0 Å². The molecule has 1 N–H and O–H groups in total. The van der Waals surface area contributed by atoms with Crippen molar-refractivity contribution in [1.29, 1.82) is 0 Å². The highest BCUT2D eigenvalue weighted by molar-refractivity contribution is 5.77. The van der Waals surface area contributed by atoms with Crippen LogP contribution in [0, 0.1) is 6.92 Å². The molecule has 1 aromatic carbocycles. The second kappa shape index (κ2) is 8.51. The van der Waals surface area contributed by atoms with Gasteiger partial charge in [-0.1, -0.05) is 12.1 Å². The van der Waals surface area contributed by atoms with Gasteiger partial charge in [-0.25, -0.2) is 4.98 Å². The zero-order chi connectivity index (χ0) is 18.4. The van der Waals surface area contributed by atoms with E-state index in [1.54, 1.807) is 13.2 Å². The molecule has 0 aliphatic carbocycles. The highest BCUT2D eigenvalue weighted by Gasteiger charge is 2.16. The third-order valence-electron chi connectivity index (χ3n) is 4.21. The fraction of sp³-hybridized carbons (Fsp3) is 0.421. The first kappa shape index (κ1) is 18.0. The van der Waals surface area contributed by atoms with E-state index in [1.165, 1.54) is 0 Å². The molecule has 0 spiro atoms. The zero-order valence-electron chi connectivity index (χ0n) is 15.2. The number of hydrogen-bond acceptors (Lipinski definition) is 6. The number of hydrogen-bond donors (Lipinski definition) is 1. The van der Waals surface area contributed by atoms with Crippen LogP contribution < -0.4 is 19.7 Å². The molecule has 3 rings (SSSR count). The van der Waals surface area contributed by atoms with Crippen LogP contribution >= 0.6 is 0 Å². The largest absolute Gasteiger partial charge is 0.497 e. The first-order valence-electron chi connectivity index (χ1n) is 8.77. The van der Waals surface area contributed by atoms with Gasteiger partial charge in [-0.2, -0.15) is 4.98 Å². The number of amides is 1. The summed E-state index contributed by atoms with van der Waals surface area (Å²) in [7, 11) is 1.62. The van der Waals surface area contributed by atoms with Gasteiger partial charge < -0.3 is 19.7 Å². The number of carbonyl (C=O) groups excluding carboxylic acids is 1. The molecule has 0 radical (unpaired) electrons. The van der Waals surface area contributed by atoms with Crippen LogP contribution in [0.1, 0.15) is 24.1 Å². The van der Waals surface area contributed by atoms with Crippen molar-refractivity contribution < 1.29 is 14.3 Å². The van der Waals surface area contributed by atoms with Crippen molar-refractivity contribution in [2.75, 3.05) is 31.7 Å². The predicted octanol–water partition coefficient (Wildman–Crippen LogP) is 2.09. The molecule has 2 aromatic rings. The van der Waals surface area contributed by atoms with Gasteiger partial charge in [0.25, 0.3) is 5.91 Å². The molecular formula is C19H24N4O3. The SMILES string of the molecule is COc1ccc(CNC(=O)COc2cc(C)nc(N3CCCC3)n2)cc1. The Morgan fingerprint density at radius 3 is 2.62 bits per heavy atom. The van der Waals surface area contributed by atoms with E-state index >= 15 is 0 Å². The summed E-state index contributed by atoms with van der Waals surface area (Å²) >= 11 is 0. The summed E-state index contributed by atoms with van der Waals surface area (Å²) < 4.78 is 10.7. The van der Waals surface area contributed by atoms with Gasteiger partial charge >= 0.3 is 0 Å². The Morgan fingerprint density at radius 1 is 1.19 bits per heavy atom. The Bertz CT molecular complexity index is 743. The van der Waals surface area contributed by atoms with E-state index in [4.69, 9.17) is 9.47 Å². The van der Waals surface area contributed by atoms with Crippen molar-refractivity contribution in [2.24, 2.45) is 0 Å². The fourth-order valence-corrected chi connectivity index (χ4v) is 2.79. The Balaban J connectivity index is 1.50. The number of ether oxygens (including phenoxy) is 2. The van der Waals surface area contributed by atoms with Crippen LogP contribution in [-0.2, 0) is 11.3 Å². The average Bonchev–Trinajstić information content (AvgIpc) is 3.19. The standard InChI is InChI=1S/C19H24N4O3/c1-14-11-18(22-19(21-14)23-9-3-4-10-23)26-13-17(24)20-12-15-5-7-16(25-2)8-6-15/h5-8,11H,3-4,9-10,12-13H2,1-2H3,(H,20,24). The number of nitrogens with one attached hydrogen (secondary N) is 1. The summed E-state index contributed by atoms with van der Waals surface area (Å²) in [6.45, 7) is 4.19. The number of aryl methyl sites for hydroxylation is 1. The van der Waals surface area contributed by atoms with Crippen LogP contribution in [0.4, 0.5) is 5.95 Å². The van der Waals surface area contributed by atoms with Crippen LogP contribution in [0.3, 0.4) is 0 Å². The van der Waals surface area contributed by atoms with E-state index in [0.717, 1.165) is 42.9 Å². The molecule has 26 heavy (non-hydrogen) atoms. The van der Waals surface area contributed by atoms with Crippen LogP contribution in [0.25, 0.3) is 0 Å². The van der Waals surface area contributed by atoms with E-state index in [0.29, 0.717) is 18.4 Å². The lowest BCUT2D eigenvalue weighted by atomic mass is 10.2. The van der Waals surface area contributed by atoms with Crippen LogP contribution in [0.15, 0.2) is 30.3 Å². The molecule has 2 heterocycles. The van der Waals surface area contributed by atoms with Gasteiger partial charge in [0.2, 0.25) is 11.8 Å². The summed E-state index contributed by atoms with van der Waals surface area (Å²) in [6.07, 6.45) is 2.31. The van der Waals surface area contributed by atoms with Crippen LogP contribution in [-0.4, -0.2) is 42.7 Å². The lowest BCUT2D eigenvalue weighted by Crippen LogP contribution is -2.28. The van der Waals surface area contributed by atoms with Gasteiger partial charge in [0.05, 0.1) is 7.11 Å². The predicted molar refractivity (Wildman–Crippen MR) is 98.6 cm³/mol. The monoisotopic (exact) mass is 356 g/mol. The first-order chi connectivity index (χ1) is 12.6. The number of rotatable bonds is 7. The van der Waals surface area contributed by atoms with Crippen molar-refractivity contribution in [1.82, 2.24) is 15.3 Å². The van der Waals surface area contributed by atoms with E-state index in [1.807, 2.05) is 31.2 Å². The number of methoxy groups -OCH3 is 1. The van der Waals surface area contributed by atoms with E-state index in [-0.39, 0.29) is 12.5 Å². The lowest BCUT2D eigenvalue weighted by Gasteiger charge is -2.16. The molecule has 0 bridgehead atoms. The fourth-order valence-electron chi connectivity index (χ4n) is 2.79. The smallest absolute Gasteiger partial charge is 0.258 e. The summed E-state index contributed by atoms with van der Waals surface area (Å²) in [5.41, 5.74) is 1.82. The van der Waals surface area contributed by atoms with E-state index in [9.17, 15) is 4.79 Å². The van der Waals surface area contributed by atoms with Crippen molar-refractivity contribution >= 4 is 11.9 Å². The molecule has 1 amide bonds. The summed E-state index contributed by atoms with van der Waals surface area (Å²) in [4.78, 5) is 23.0. The average molecular weight is 356 g/mol. The molecule has 0 atom stereocenters. The number of benzene rings is 1. The topological polar surface area (TPSA) is 76.6 Å². The number of carbonyl (C=O) groups is 1. The molecule has 7 heteroatoms. The Labute approximate surface area is 153 Å². The second-order valence-electron chi connectivity index (χ2n) is 6.26. The summed E-state index contributed by atoms with van der Waals surface area (Å²) in [6, 6.07) is 9.30. The number of nitrogens with zero attached hydrogens (tertiary/aromatic N) is 3. The molecule has 0 unspecified atom stereocenters. The molecular weight excluding hydrogens is 332 g/mol. The minimum Gasteiger partial charge on any atom is -0.497 e. The Kier molecular flexibility index (Phi) is 5.88. The first-order valence-corrected chi connectivity index (χ1v) is 8.77. The number of anilines is 1. The van der Waals surface area contributed by atoms with E-state index in [2.05, 4.69) is 20.2 Å². The second-order valence-corrected chi connectivity index (χ2v) is 6.26. The van der Waals surface area contributed by atoms with Crippen molar-refractivity contribution in [2.45, 2.75) is 26.3 Å². The molecule has 1 aromatic heterocycles. The third-order valence-corrected chi connectivity index (χ3v) is 4.21. The maximum absolute atomic E-state index is 12.0. The minimum atomic E-state index is -0.195. The third kappa shape index (κ3) is 4.84. The molecule has 0 saturated carbocycles. The normalized spacial score (nSPS) is 13.5. The molecule has 1 saturated heterocycles. The minimum absolute atomic E-state index is 0.0773. The van der Waals surface area contributed by atoms with Gasteiger partial charge in [0.15, 0.2) is 6.61 Å². The highest BCUT2D eigenvalue weighted by Crippen LogP contribution is 2.19. The summed E-state index contributed by atoms with van der Waals surface area (Å²) in [5, 5.41) is 2.83. The lowest BCUT2D eigenvalue weighted by molar-refractivity contribution is -0.123. The molecule has 1 aliphatic heterocycles. The van der Waals surface area contributed by atoms with Crippen LogP contribution in [0.2, 0.25) is 0 Å². The number of aromatic nitrogens is 2. The van der Waals surface area contributed by atoms with Crippen molar-refractivity contribution in [3.63, 3.8) is 0 Å². The van der Waals surface area contributed by atoms with Gasteiger partial charge in [0.1, 0.15) is 5.75 Å². The zero-order valence-corrected chi connectivity index (χ0v) is 15.2. The molecule has 7 nitrogen and oxygen atoms in total. The summed E-state index contributed by atoms with van der Waals surface area (Å²) in [5.74, 6) is 1.70. The maximum Gasteiger partial charge on any atom is 0.258 e. The van der Waals surface area contributed by atoms with Crippen molar-refractivity contribution in [3.05, 3.63) is 41.6 Å². The Morgan fingerprint density at radius 2 is 1.92 bits per heavy atom. The van der Waals surface area contributed by atoms with Crippen molar-refractivity contribution in [3.8, 4) is 11.6 Å². The maximum atomic E-state index is 12.0.